The molecule has 2 aliphatic heterocycles. The topological polar surface area (TPSA) is 66.8 Å². The lowest BCUT2D eigenvalue weighted by Crippen LogP contribution is -2.29. The summed E-state index contributed by atoms with van der Waals surface area (Å²) in [5.74, 6) is 0.774. The average molecular weight is 269 g/mol. The number of aliphatic hydroxyl groups excluding tert-OH is 1. The summed E-state index contributed by atoms with van der Waals surface area (Å²) in [6, 6.07) is 4.97. The number of sulfonamides is 1. The fraction of sp³-hybridized carbons (Fsp3) is 0.500. The fourth-order valence-corrected chi connectivity index (χ4v) is 3.94. The smallest absolute Gasteiger partial charge is 0.243 e. The second-order valence-corrected chi connectivity index (χ2v) is 6.61. The van der Waals surface area contributed by atoms with E-state index in [1.807, 2.05) is 0 Å². The van der Waals surface area contributed by atoms with Crippen LogP contribution in [0.1, 0.15) is 12.0 Å². The molecular formula is C12H15NO4S. The normalized spacial score (nSPS) is 23.9. The maximum absolute atomic E-state index is 12.4. The molecule has 1 N–H and O–H groups in total. The van der Waals surface area contributed by atoms with E-state index in [0.717, 1.165) is 17.7 Å². The molecule has 2 aliphatic rings. The third-order valence-electron chi connectivity index (χ3n) is 3.42. The summed E-state index contributed by atoms with van der Waals surface area (Å²) in [4.78, 5) is 0.292. The zero-order valence-electron chi connectivity index (χ0n) is 9.87. The van der Waals surface area contributed by atoms with E-state index in [0.29, 0.717) is 24.5 Å². The van der Waals surface area contributed by atoms with Gasteiger partial charge >= 0.3 is 0 Å². The van der Waals surface area contributed by atoms with Gasteiger partial charge in [0.25, 0.3) is 0 Å². The fourth-order valence-electron chi connectivity index (χ4n) is 2.40. The summed E-state index contributed by atoms with van der Waals surface area (Å²) in [5, 5.41) is 9.44. The maximum atomic E-state index is 12.4. The number of aliphatic hydroxyl groups is 1. The van der Waals surface area contributed by atoms with Gasteiger partial charge in [0.2, 0.25) is 10.0 Å². The van der Waals surface area contributed by atoms with Gasteiger partial charge in [-0.2, -0.15) is 4.31 Å². The Morgan fingerprint density at radius 2 is 2.22 bits per heavy atom. The van der Waals surface area contributed by atoms with Crippen LogP contribution in [0.25, 0.3) is 0 Å². The van der Waals surface area contributed by atoms with Crippen LogP contribution in [0.5, 0.6) is 5.75 Å². The number of β-amino-alcohol motifs (C(OH)–C–C–N with tert-alkyl or cyclic N) is 1. The highest BCUT2D eigenvalue weighted by Gasteiger charge is 2.32. The van der Waals surface area contributed by atoms with Gasteiger partial charge < -0.3 is 9.84 Å². The summed E-state index contributed by atoms with van der Waals surface area (Å²) >= 11 is 0. The molecular weight excluding hydrogens is 254 g/mol. The molecule has 0 radical (unpaired) electrons. The molecule has 6 heteroatoms. The number of rotatable bonds is 2. The highest BCUT2D eigenvalue weighted by Crippen LogP contribution is 2.29. The van der Waals surface area contributed by atoms with Crippen molar-refractivity contribution in [2.75, 3.05) is 19.7 Å². The Labute approximate surface area is 106 Å². The molecule has 98 valence electrons. The van der Waals surface area contributed by atoms with Crippen LogP contribution in [-0.2, 0) is 16.4 Å². The predicted octanol–water partition coefficient (Wildman–Crippen LogP) is 0.377. The number of fused-ring (bicyclic) bond motifs is 1. The van der Waals surface area contributed by atoms with Gasteiger partial charge in [-0.25, -0.2) is 8.42 Å². The Morgan fingerprint density at radius 3 is 2.94 bits per heavy atom. The Morgan fingerprint density at radius 1 is 1.39 bits per heavy atom. The van der Waals surface area contributed by atoms with Gasteiger partial charge in [-0.05, 0) is 30.2 Å². The summed E-state index contributed by atoms with van der Waals surface area (Å²) in [6.45, 7) is 1.19. The predicted molar refractivity (Wildman–Crippen MR) is 65.0 cm³/mol. The quantitative estimate of drug-likeness (QED) is 0.842. The van der Waals surface area contributed by atoms with Gasteiger partial charge in [0.1, 0.15) is 5.75 Å². The second-order valence-electron chi connectivity index (χ2n) is 4.67. The first-order valence-corrected chi connectivity index (χ1v) is 7.45. The van der Waals surface area contributed by atoms with Crippen molar-refractivity contribution in [1.29, 1.82) is 0 Å². The molecule has 0 aliphatic carbocycles. The SMILES string of the molecule is O=S(=O)(c1ccc2c(c1)CCO2)N1CC[C@H](O)C1. The number of hydrogen-bond donors (Lipinski definition) is 1. The number of nitrogens with zero attached hydrogens (tertiary/aromatic N) is 1. The lowest BCUT2D eigenvalue weighted by atomic mass is 10.2. The zero-order chi connectivity index (χ0) is 12.8. The third kappa shape index (κ3) is 1.90. The molecule has 0 saturated carbocycles. The van der Waals surface area contributed by atoms with E-state index in [-0.39, 0.29) is 6.54 Å². The van der Waals surface area contributed by atoms with Crippen molar-refractivity contribution in [3.05, 3.63) is 23.8 Å². The minimum atomic E-state index is -3.48. The maximum Gasteiger partial charge on any atom is 0.243 e. The standard InChI is InChI=1S/C12H15NO4S/c14-10-3-5-13(8-10)18(15,16)11-1-2-12-9(7-11)4-6-17-12/h1-2,7,10,14H,3-6,8H2/t10-/m0/s1. The third-order valence-corrected chi connectivity index (χ3v) is 5.29. The van der Waals surface area contributed by atoms with Gasteiger partial charge in [-0.3, -0.25) is 0 Å². The molecule has 1 aromatic rings. The lowest BCUT2D eigenvalue weighted by Gasteiger charge is -2.16. The minimum absolute atomic E-state index is 0.190. The van der Waals surface area contributed by atoms with Crippen molar-refractivity contribution in [3.8, 4) is 5.75 Å². The molecule has 5 nitrogen and oxygen atoms in total. The first-order chi connectivity index (χ1) is 8.57. The first kappa shape index (κ1) is 12.0. The Hall–Kier alpha value is -1.11. The molecule has 0 bridgehead atoms. The molecule has 1 fully saturated rings. The molecule has 0 aromatic heterocycles. The number of hydrogen-bond acceptors (Lipinski definition) is 4. The second kappa shape index (κ2) is 4.22. The van der Waals surface area contributed by atoms with E-state index in [1.165, 1.54) is 4.31 Å². The van der Waals surface area contributed by atoms with Crippen molar-refractivity contribution in [1.82, 2.24) is 4.31 Å². The molecule has 2 heterocycles. The van der Waals surface area contributed by atoms with Gasteiger partial charge in [-0.1, -0.05) is 0 Å². The molecule has 1 saturated heterocycles. The Balaban J connectivity index is 1.94. The Bertz CT molecular complexity index is 569. The molecule has 0 amide bonds. The van der Waals surface area contributed by atoms with Gasteiger partial charge in [-0.15, -0.1) is 0 Å². The molecule has 3 rings (SSSR count). The molecule has 1 aromatic carbocycles. The van der Waals surface area contributed by atoms with Crippen LogP contribution in [-0.4, -0.2) is 43.6 Å². The van der Waals surface area contributed by atoms with Crippen LogP contribution < -0.4 is 4.74 Å². The molecule has 1 atom stereocenters. The van der Waals surface area contributed by atoms with Crippen LogP contribution in [0.3, 0.4) is 0 Å². The van der Waals surface area contributed by atoms with Crippen LogP contribution in [0.15, 0.2) is 23.1 Å². The van der Waals surface area contributed by atoms with Crippen molar-refractivity contribution in [3.63, 3.8) is 0 Å². The van der Waals surface area contributed by atoms with Crippen molar-refractivity contribution >= 4 is 10.0 Å². The van der Waals surface area contributed by atoms with E-state index in [2.05, 4.69) is 0 Å². The zero-order valence-corrected chi connectivity index (χ0v) is 10.7. The van der Waals surface area contributed by atoms with Crippen LogP contribution >= 0.6 is 0 Å². The summed E-state index contributed by atoms with van der Waals surface area (Å²) in [6.07, 6.45) is 0.715. The van der Waals surface area contributed by atoms with E-state index < -0.39 is 16.1 Å². The number of ether oxygens (including phenoxy) is 1. The minimum Gasteiger partial charge on any atom is -0.493 e. The van der Waals surface area contributed by atoms with Gasteiger partial charge in [0.05, 0.1) is 17.6 Å². The first-order valence-electron chi connectivity index (χ1n) is 6.01. The van der Waals surface area contributed by atoms with E-state index in [4.69, 9.17) is 4.74 Å². The highest BCUT2D eigenvalue weighted by molar-refractivity contribution is 7.89. The van der Waals surface area contributed by atoms with E-state index in [1.54, 1.807) is 18.2 Å². The van der Waals surface area contributed by atoms with E-state index in [9.17, 15) is 13.5 Å². The molecule has 18 heavy (non-hydrogen) atoms. The Kier molecular flexibility index (Phi) is 2.80. The summed E-state index contributed by atoms with van der Waals surface area (Å²) in [5.41, 5.74) is 0.941. The molecule has 0 unspecified atom stereocenters. The molecule has 0 spiro atoms. The average Bonchev–Trinajstić information content (AvgIpc) is 2.96. The van der Waals surface area contributed by atoms with Gasteiger partial charge in [0.15, 0.2) is 0 Å². The van der Waals surface area contributed by atoms with Gasteiger partial charge in [0, 0.05) is 19.5 Å². The largest absolute Gasteiger partial charge is 0.493 e. The van der Waals surface area contributed by atoms with Crippen molar-refractivity contribution in [2.45, 2.75) is 23.8 Å². The lowest BCUT2D eigenvalue weighted by molar-refractivity contribution is 0.189. The number of benzene rings is 1. The summed E-state index contributed by atoms with van der Waals surface area (Å²) in [7, 11) is -3.48. The van der Waals surface area contributed by atoms with Crippen molar-refractivity contribution < 1.29 is 18.3 Å². The van der Waals surface area contributed by atoms with E-state index >= 15 is 0 Å². The van der Waals surface area contributed by atoms with Crippen LogP contribution in [0, 0.1) is 0 Å². The summed E-state index contributed by atoms with van der Waals surface area (Å²) < 4.78 is 31.4. The highest BCUT2D eigenvalue weighted by atomic mass is 32.2. The van der Waals surface area contributed by atoms with Crippen LogP contribution in [0.2, 0.25) is 0 Å². The van der Waals surface area contributed by atoms with Crippen molar-refractivity contribution in [2.24, 2.45) is 0 Å². The monoisotopic (exact) mass is 269 g/mol. The van der Waals surface area contributed by atoms with Crippen LogP contribution in [0.4, 0.5) is 0 Å².